The fourth-order valence-electron chi connectivity index (χ4n) is 5.51. The largest absolute Gasteiger partial charge is 0.495 e. The third-order valence-corrected chi connectivity index (χ3v) is 7.48. The highest BCUT2D eigenvalue weighted by Gasteiger charge is 2.53. The molecule has 0 amide bonds. The van der Waals surface area contributed by atoms with E-state index in [1.54, 1.807) is 31.6 Å². The number of aliphatic hydroxyl groups excluding tert-OH is 2. The van der Waals surface area contributed by atoms with Crippen LogP contribution in [0.25, 0.3) is 0 Å². The number of methoxy groups -OCH3 is 1. The topological polar surface area (TPSA) is 117 Å². The Morgan fingerprint density at radius 1 is 1.16 bits per heavy atom. The van der Waals surface area contributed by atoms with Crippen molar-refractivity contribution < 1.29 is 24.4 Å². The minimum atomic E-state index is -1.01. The predicted molar refractivity (Wildman–Crippen MR) is 136 cm³/mol. The second-order valence-corrected chi connectivity index (χ2v) is 9.62. The Hall–Kier alpha value is -3.48. The van der Waals surface area contributed by atoms with Gasteiger partial charge in [0.1, 0.15) is 17.1 Å². The van der Waals surface area contributed by atoms with Crippen LogP contribution in [0.4, 0.5) is 0 Å². The summed E-state index contributed by atoms with van der Waals surface area (Å²) in [4.78, 5) is 4.31. The third kappa shape index (κ3) is 4.79. The van der Waals surface area contributed by atoms with Gasteiger partial charge in [0, 0.05) is 30.4 Å². The quantitative estimate of drug-likeness (QED) is 0.388. The first-order valence-electron chi connectivity index (χ1n) is 12.4. The smallest absolute Gasteiger partial charge is 0.146 e. The highest BCUT2D eigenvalue weighted by Crippen LogP contribution is 2.54. The first-order valence-corrected chi connectivity index (χ1v) is 12.4. The van der Waals surface area contributed by atoms with Crippen LogP contribution in [0.2, 0.25) is 0 Å². The summed E-state index contributed by atoms with van der Waals surface area (Å²) in [5, 5.41) is 34.3. The standard InChI is InChI=1S/C29H31N3O5/c1-35-26-14-31-15-27-23(26)11-29(37-27,21-9-7-19(12-30)8-10-21)28(20-5-3-2-4-6-20)24(25(34)16-33)13-32-22-17-36-18-22/h2-10,14-15,22,24-25,28,32-34H,11,13,16-18H2,1H3/t24-,25-,28+,29-/m0/s1. The molecule has 3 heterocycles. The lowest BCUT2D eigenvalue weighted by molar-refractivity contribution is -0.0386. The molecule has 2 aliphatic rings. The fourth-order valence-corrected chi connectivity index (χ4v) is 5.51. The Kier molecular flexibility index (Phi) is 7.40. The van der Waals surface area contributed by atoms with Gasteiger partial charge in [-0.1, -0.05) is 42.5 Å². The number of benzene rings is 2. The van der Waals surface area contributed by atoms with Gasteiger partial charge in [-0.3, -0.25) is 4.98 Å². The Morgan fingerprint density at radius 2 is 1.92 bits per heavy atom. The number of aromatic nitrogens is 1. The van der Waals surface area contributed by atoms with Crippen LogP contribution in [-0.2, 0) is 16.8 Å². The molecule has 0 radical (unpaired) electrons. The summed E-state index contributed by atoms with van der Waals surface area (Å²) in [5.74, 6) is 0.442. The maximum absolute atomic E-state index is 11.2. The summed E-state index contributed by atoms with van der Waals surface area (Å²) >= 11 is 0. The molecule has 0 spiro atoms. The van der Waals surface area contributed by atoms with Crippen LogP contribution in [-0.4, -0.2) is 60.8 Å². The summed E-state index contributed by atoms with van der Waals surface area (Å²) in [6.07, 6.45) is 2.81. The van der Waals surface area contributed by atoms with Crippen molar-refractivity contribution in [2.24, 2.45) is 5.92 Å². The molecule has 3 N–H and O–H groups in total. The molecular formula is C29H31N3O5. The average Bonchev–Trinajstić information content (AvgIpc) is 3.32. The minimum Gasteiger partial charge on any atom is -0.495 e. The Bertz CT molecular complexity index is 1240. The molecule has 2 aromatic carbocycles. The summed E-state index contributed by atoms with van der Waals surface area (Å²) in [6, 6.07) is 19.7. The van der Waals surface area contributed by atoms with Crippen LogP contribution in [0.3, 0.4) is 0 Å². The maximum atomic E-state index is 11.2. The minimum absolute atomic E-state index is 0.196. The number of fused-ring (bicyclic) bond motifs is 1. The lowest BCUT2D eigenvalue weighted by Gasteiger charge is -2.44. The van der Waals surface area contributed by atoms with E-state index in [0.29, 0.717) is 43.2 Å². The van der Waals surface area contributed by atoms with Gasteiger partial charge in [0.2, 0.25) is 0 Å². The third-order valence-electron chi connectivity index (χ3n) is 7.48. The van der Waals surface area contributed by atoms with Crippen LogP contribution >= 0.6 is 0 Å². The number of aliphatic hydroxyl groups is 2. The zero-order chi connectivity index (χ0) is 25.8. The number of nitriles is 1. The van der Waals surface area contributed by atoms with E-state index in [0.717, 1.165) is 16.7 Å². The van der Waals surface area contributed by atoms with Crippen LogP contribution in [0, 0.1) is 17.2 Å². The molecule has 0 saturated carbocycles. The first kappa shape index (κ1) is 25.2. The molecule has 0 aliphatic carbocycles. The molecule has 37 heavy (non-hydrogen) atoms. The molecule has 0 bridgehead atoms. The van der Waals surface area contributed by atoms with Crippen LogP contribution in [0.1, 0.15) is 28.2 Å². The van der Waals surface area contributed by atoms with Gasteiger partial charge in [0.05, 0.1) is 63.1 Å². The number of nitrogens with one attached hydrogen (secondary N) is 1. The van der Waals surface area contributed by atoms with E-state index in [4.69, 9.17) is 14.2 Å². The predicted octanol–water partition coefficient (Wildman–Crippen LogP) is 2.53. The molecule has 1 saturated heterocycles. The number of hydrogen-bond donors (Lipinski definition) is 3. The van der Waals surface area contributed by atoms with E-state index in [1.807, 2.05) is 42.5 Å². The molecule has 1 aromatic heterocycles. The van der Waals surface area contributed by atoms with E-state index in [1.165, 1.54) is 0 Å². The Labute approximate surface area is 216 Å². The molecular weight excluding hydrogens is 470 g/mol. The Morgan fingerprint density at radius 3 is 2.54 bits per heavy atom. The molecule has 192 valence electrons. The summed E-state index contributed by atoms with van der Waals surface area (Å²) in [5.41, 5.74) is 2.30. The van der Waals surface area contributed by atoms with Gasteiger partial charge < -0.3 is 29.7 Å². The molecule has 8 nitrogen and oxygen atoms in total. The molecule has 1 fully saturated rings. The second-order valence-electron chi connectivity index (χ2n) is 9.62. The zero-order valence-electron chi connectivity index (χ0n) is 20.7. The second kappa shape index (κ2) is 10.9. The summed E-state index contributed by atoms with van der Waals surface area (Å²) in [7, 11) is 1.61. The SMILES string of the molecule is COc1cncc2c1C[C@](c1ccc(C#N)cc1)([C@H](c1ccccc1)[C@@H](CNC1COC1)[C@@H](O)CO)O2. The van der Waals surface area contributed by atoms with E-state index < -0.39 is 24.2 Å². The molecule has 4 atom stereocenters. The van der Waals surface area contributed by atoms with E-state index in [-0.39, 0.29) is 12.0 Å². The number of pyridine rings is 1. The summed E-state index contributed by atoms with van der Waals surface area (Å²) in [6.45, 7) is 1.29. The monoisotopic (exact) mass is 501 g/mol. The van der Waals surface area contributed by atoms with Crippen molar-refractivity contribution in [3.63, 3.8) is 0 Å². The van der Waals surface area contributed by atoms with Gasteiger partial charge in [-0.15, -0.1) is 0 Å². The van der Waals surface area contributed by atoms with Crippen molar-refractivity contribution in [2.75, 3.05) is 33.5 Å². The van der Waals surface area contributed by atoms with Gasteiger partial charge >= 0.3 is 0 Å². The number of nitrogens with zero attached hydrogens (tertiary/aromatic N) is 2. The van der Waals surface area contributed by atoms with Gasteiger partial charge in [0.15, 0.2) is 0 Å². The van der Waals surface area contributed by atoms with Gasteiger partial charge in [0.25, 0.3) is 0 Å². The van der Waals surface area contributed by atoms with Crippen LogP contribution in [0.5, 0.6) is 11.5 Å². The van der Waals surface area contributed by atoms with Crippen molar-refractivity contribution in [3.05, 3.63) is 89.2 Å². The van der Waals surface area contributed by atoms with Crippen LogP contribution < -0.4 is 14.8 Å². The van der Waals surface area contributed by atoms with E-state index in [9.17, 15) is 15.5 Å². The number of rotatable bonds is 10. The first-order chi connectivity index (χ1) is 18.1. The van der Waals surface area contributed by atoms with Gasteiger partial charge in [-0.2, -0.15) is 5.26 Å². The number of hydrogen-bond acceptors (Lipinski definition) is 8. The van der Waals surface area contributed by atoms with Crippen molar-refractivity contribution in [2.45, 2.75) is 30.1 Å². The van der Waals surface area contributed by atoms with E-state index >= 15 is 0 Å². The molecule has 0 unspecified atom stereocenters. The number of ether oxygens (including phenoxy) is 3. The molecule has 2 aliphatic heterocycles. The van der Waals surface area contributed by atoms with E-state index in [2.05, 4.69) is 16.4 Å². The normalized spacial score (nSPS) is 21.1. The van der Waals surface area contributed by atoms with Crippen LogP contribution in [0.15, 0.2) is 67.0 Å². The molecule has 8 heteroatoms. The highest BCUT2D eigenvalue weighted by molar-refractivity contribution is 5.51. The fraction of sp³-hybridized carbons (Fsp3) is 0.379. The lowest BCUT2D eigenvalue weighted by Crippen LogP contribution is -2.53. The van der Waals surface area contributed by atoms with Crippen molar-refractivity contribution in [3.8, 4) is 17.6 Å². The lowest BCUT2D eigenvalue weighted by atomic mass is 9.67. The highest BCUT2D eigenvalue weighted by atomic mass is 16.5. The molecule has 3 aromatic rings. The maximum Gasteiger partial charge on any atom is 0.146 e. The average molecular weight is 502 g/mol. The van der Waals surface area contributed by atoms with Gasteiger partial charge in [-0.25, -0.2) is 0 Å². The van der Waals surface area contributed by atoms with Crippen molar-refractivity contribution >= 4 is 0 Å². The van der Waals surface area contributed by atoms with Crippen molar-refractivity contribution in [1.29, 1.82) is 5.26 Å². The summed E-state index contributed by atoms with van der Waals surface area (Å²) < 4.78 is 17.8. The Balaban J connectivity index is 1.68. The van der Waals surface area contributed by atoms with Gasteiger partial charge in [-0.05, 0) is 23.3 Å². The zero-order valence-corrected chi connectivity index (χ0v) is 20.7. The van der Waals surface area contributed by atoms with Crippen molar-refractivity contribution in [1.82, 2.24) is 10.3 Å². The molecule has 5 rings (SSSR count).